The average molecular weight is 225 g/mol. The molecule has 0 saturated heterocycles. The molecule has 1 aromatic heterocycles. The topological polar surface area (TPSA) is 82.7 Å². The van der Waals surface area contributed by atoms with Crippen molar-refractivity contribution in [3.8, 4) is 17.3 Å². The van der Waals surface area contributed by atoms with Crippen LogP contribution in [0.25, 0.3) is 11.3 Å². The van der Waals surface area contributed by atoms with E-state index in [9.17, 15) is 4.79 Å². The number of nitrogens with zero attached hydrogens (tertiary/aromatic N) is 1. The molecule has 0 amide bonds. The first-order chi connectivity index (χ1) is 8.15. The van der Waals surface area contributed by atoms with Gasteiger partial charge in [-0.25, -0.2) is 0 Å². The second kappa shape index (κ2) is 4.14. The Bertz CT molecular complexity index is 651. The molecule has 1 heterocycles. The molecule has 4 nitrogen and oxygen atoms in total. The number of hydrogen-bond acceptors (Lipinski definition) is 3. The summed E-state index contributed by atoms with van der Waals surface area (Å²) in [5.74, 6) is 0. The van der Waals surface area contributed by atoms with Gasteiger partial charge in [-0.15, -0.1) is 0 Å². The van der Waals surface area contributed by atoms with Crippen molar-refractivity contribution in [1.82, 2.24) is 4.98 Å². The van der Waals surface area contributed by atoms with Gasteiger partial charge < -0.3 is 10.7 Å². The van der Waals surface area contributed by atoms with Gasteiger partial charge in [0.25, 0.3) is 5.56 Å². The highest BCUT2D eigenvalue weighted by atomic mass is 16.1. The van der Waals surface area contributed by atoms with Gasteiger partial charge in [0.05, 0.1) is 11.4 Å². The summed E-state index contributed by atoms with van der Waals surface area (Å²) in [6.07, 6.45) is 0. The third-order valence-corrected chi connectivity index (χ3v) is 2.69. The summed E-state index contributed by atoms with van der Waals surface area (Å²) >= 11 is 0. The van der Waals surface area contributed by atoms with Crippen molar-refractivity contribution in [3.63, 3.8) is 0 Å². The minimum atomic E-state index is -0.405. The van der Waals surface area contributed by atoms with E-state index in [0.717, 1.165) is 5.56 Å². The molecule has 84 valence electrons. The van der Waals surface area contributed by atoms with Crippen LogP contribution in [0.1, 0.15) is 11.1 Å². The van der Waals surface area contributed by atoms with E-state index in [4.69, 9.17) is 11.0 Å². The molecule has 4 heteroatoms. The molecule has 0 spiro atoms. The fourth-order valence-electron chi connectivity index (χ4n) is 1.70. The first-order valence-corrected chi connectivity index (χ1v) is 5.13. The summed E-state index contributed by atoms with van der Waals surface area (Å²) < 4.78 is 0. The van der Waals surface area contributed by atoms with E-state index in [1.807, 2.05) is 36.4 Å². The second-order valence-corrected chi connectivity index (χ2v) is 3.72. The molecule has 0 aliphatic carbocycles. The molecule has 1 aromatic carbocycles. The number of benzene rings is 1. The van der Waals surface area contributed by atoms with Crippen LogP contribution >= 0.6 is 0 Å². The average Bonchev–Trinajstić information content (AvgIpc) is 2.35. The number of aromatic nitrogens is 1. The number of nitrogen functional groups attached to an aromatic ring is 1. The Balaban J connectivity index is 2.75. The van der Waals surface area contributed by atoms with Crippen molar-refractivity contribution in [2.45, 2.75) is 6.92 Å². The predicted molar refractivity (Wildman–Crippen MR) is 66.4 cm³/mol. The number of aromatic amines is 1. The SMILES string of the molecule is Cc1c(N)c(-c2ccccc2)[nH]c(=O)c1C#N. The first-order valence-electron chi connectivity index (χ1n) is 5.13. The smallest absolute Gasteiger partial charge is 0.266 e. The Labute approximate surface area is 98.3 Å². The fraction of sp³-hybridized carbons (Fsp3) is 0.0769. The van der Waals surface area contributed by atoms with Gasteiger partial charge >= 0.3 is 0 Å². The van der Waals surface area contributed by atoms with Gasteiger partial charge in [0, 0.05) is 5.56 Å². The number of H-pyrrole nitrogens is 1. The van der Waals surface area contributed by atoms with E-state index in [2.05, 4.69) is 4.98 Å². The van der Waals surface area contributed by atoms with Crippen LogP contribution in [0.15, 0.2) is 35.1 Å². The van der Waals surface area contributed by atoms with E-state index < -0.39 is 5.56 Å². The van der Waals surface area contributed by atoms with Crippen LogP contribution in [0.5, 0.6) is 0 Å². The van der Waals surface area contributed by atoms with Crippen LogP contribution in [-0.4, -0.2) is 4.98 Å². The van der Waals surface area contributed by atoms with Gasteiger partial charge in [-0.3, -0.25) is 4.79 Å². The summed E-state index contributed by atoms with van der Waals surface area (Å²) in [5, 5.41) is 8.86. The van der Waals surface area contributed by atoms with Gasteiger partial charge in [-0.1, -0.05) is 30.3 Å². The van der Waals surface area contributed by atoms with Gasteiger partial charge in [0.2, 0.25) is 0 Å². The summed E-state index contributed by atoms with van der Waals surface area (Å²) in [5.41, 5.74) is 7.96. The van der Waals surface area contributed by atoms with Gasteiger partial charge in [-0.05, 0) is 12.5 Å². The van der Waals surface area contributed by atoms with Gasteiger partial charge in [0.1, 0.15) is 11.6 Å². The van der Waals surface area contributed by atoms with Crippen molar-refractivity contribution in [3.05, 3.63) is 51.8 Å². The van der Waals surface area contributed by atoms with Crippen LogP contribution in [0, 0.1) is 18.3 Å². The maximum Gasteiger partial charge on any atom is 0.266 e. The van der Waals surface area contributed by atoms with E-state index in [1.165, 1.54) is 0 Å². The van der Waals surface area contributed by atoms with E-state index >= 15 is 0 Å². The van der Waals surface area contributed by atoms with Crippen molar-refractivity contribution in [2.24, 2.45) is 0 Å². The standard InChI is InChI=1S/C13H11N3O/c1-8-10(7-14)13(17)16-12(11(8)15)9-5-3-2-4-6-9/h2-6H,15H2,1H3,(H,16,17). The fourth-order valence-corrected chi connectivity index (χ4v) is 1.70. The number of nitrogens with one attached hydrogen (secondary N) is 1. The van der Waals surface area contributed by atoms with Crippen molar-refractivity contribution >= 4 is 5.69 Å². The number of nitriles is 1. The van der Waals surface area contributed by atoms with Crippen LogP contribution in [0.4, 0.5) is 5.69 Å². The van der Waals surface area contributed by atoms with Gasteiger partial charge in [-0.2, -0.15) is 5.26 Å². The molecule has 0 radical (unpaired) electrons. The molecule has 0 saturated carbocycles. The Hall–Kier alpha value is -2.54. The third kappa shape index (κ3) is 1.79. The van der Waals surface area contributed by atoms with E-state index in [-0.39, 0.29) is 5.56 Å². The molecule has 0 bridgehead atoms. The van der Waals surface area contributed by atoms with Crippen molar-refractivity contribution < 1.29 is 0 Å². The lowest BCUT2D eigenvalue weighted by molar-refractivity contribution is 1.19. The van der Waals surface area contributed by atoms with Crippen molar-refractivity contribution in [2.75, 3.05) is 5.73 Å². The lowest BCUT2D eigenvalue weighted by Crippen LogP contribution is -2.15. The number of pyridine rings is 1. The number of nitrogens with two attached hydrogens (primary N) is 1. The summed E-state index contributed by atoms with van der Waals surface area (Å²) in [6, 6.07) is 11.2. The molecule has 0 unspecified atom stereocenters. The Morgan fingerprint density at radius 3 is 2.53 bits per heavy atom. The van der Waals surface area contributed by atoms with Crippen LogP contribution in [0.3, 0.4) is 0 Å². The summed E-state index contributed by atoms with van der Waals surface area (Å²) in [4.78, 5) is 14.3. The molecule has 17 heavy (non-hydrogen) atoms. The monoisotopic (exact) mass is 225 g/mol. The number of rotatable bonds is 1. The molecule has 0 fully saturated rings. The second-order valence-electron chi connectivity index (χ2n) is 3.72. The summed E-state index contributed by atoms with van der Waals surface area (Å²) in [7, 11) is 0. The maximum absolute atomic E-state index is 11.7. The molecule has 2 rings (SSSR count). The molecule has 2 aromatic rings. The highest BCUT2D eigenvalue weighted by Crippen LogP contribution is 2.25. The van der Waals surface area contributed by atoms with Crippen LogP contribution < -0.4 is 11.3 Å². The lowest BCUT2D eigenvalue weighted by atomic mass is 10.0. The molecule has 3 N–H and O–H groups in total. The first kappa shape index (κ1) is 11.0. The van der Waals surface area contributed by atoms with E-state index in [1.54, 1.807) is 6.92 Å². The third-order valence-electron chi connectivity index (χ3n) is 2.69. The molecule has 0 aliphatic heterocycles. The lowest BCUT2D eigenvalue weighted by Gasteiger charge is -2.09. The van der Waals surface area contributed by atoms with E-state index in [0.29, 0.717) is 16.9 Å². The molecular weight excluding hydrogens is 214 g/mol. The quantitative estimate of drug-likeness (QED) is 0.776. The minimum absolute atomic E-state index is 0.0715. The largest absolute Gasteiger partial charge is 0.397 e. The normalized spacial score (nSPS) is 9.88. The maximum atomic E-state index is 11.7. The van der Waals surface area contributed by atoms with Crippen LogP contribution in [0.2, 0.25) is 0 Å². The molecule has 0 aliphatic rings. The van der Waals surface area contributed by atoms with Crippen LogP contribution in [-0.2, 0) is 0 Å². The minimum Gasteiger partial charge on any atom is -0.397 e. The Kier molecular flexibility index (Phi) is 2.67. The van der Waals surface area contributed by atoms with Crippen molar-refractivity contribution in [1.29, 1.82) is 5.26 Å². The number of anilines is 1. The Morgan fingerprint density at radius 1 is 1.29 bits per heavy atom. The molecule has 0 atom stereocenters. The zero-order chi connectivity index (χ0) is 12.4. The zero-order valence-corrected chi connectivity index (χ0v) is 9.32. The highest BCUT2D eigenvalue weighted by Gasteiger charge is 2.12. The molecular formula is C13H11N3O. The zero-order valence-electron chi connectivity index (χ0n) is 9.32. The Morgan fingerprint density at radius 2 is 1.94 bits per heavy atom. The van der Waals surface area contributed by atoms with Gasteiger partial charge in [0.15, 0.2) is 0 Å². The summed E-state index contributed by atoms with van der Waals surface area (Å²) in [6.45, 7) is 1.68. The number of hydrogen-bond donors (Lipinski definition) is 2. The predicted octanol–water partition coefficient (Wildman–Crippen LogP) is 1.80. The highest BCUT2D eigenvalue weighted by molar-refractivity contribution is 5.76.